The fourth-order valence-electron chi connectivity index (χ4n) is 7.81. The van der Waals surface area contributed by atoms with Gasteiger partial charge in [0.05, 0.1) is 24.9 Å². The Labute approximate surface area is 369 Å². The molecule has 15 nitrogen and oxygen atoms in total. The molecule has 0 spiro atoms. The summed E-state index contributed by atoms with van der Waals surface area (Å²) < 4.78 is 11.6. The number of aliphatic hydroxyl groups is 3. The number of amides is 2. The molecule has 0 saturated carbocycles. The molecule has 6 atom stereocenters. The van der Waals surface area contributed by atoms with Crippen LogP contribution in [0.25, 0.3) is 10.8 Å². The van der Waals surface area contributed by atoms with Crippen LogP contribution in [0.3, 0.4) is 0 Å². The van der Waals surface area contributed by atoms with E-state index in [0.29, 0.717) is 38.9 Å². The normalized spacial score (nSPS) is 18.5. The molecule has 1 saturated heterocycles. The van der Waals surface area contributed by atoms with E-state index in [2.05, 4.69) is 56.4 Å². The number of amidine groups is 1. The highest BCUT2D eigenvalue weighted by atomic mass is 35.5. The van der Waals surface area contributed by atoms with Gasteiger partial charge in [0, 0.05) is 18.7 Å². The fourth-order valence-corrected chi connectivity index (χ4v) is 7.94. The summed E-state index contributed by atoms with van der Waals surface area (Å²) >= 11 is 5.86. The molecule has 1 unspecified atom stereocenters. The third kappa shape index (κ3) is 14.2. The predicted molar refractivity (Wildman–Crippen MR) is 241 cm³/mol. The third-order valence-electron chi connectivity index (χ3n) is 11.2. The Bertz CT molecular complexity index is 2060. The second-order valence-corrected chi connectivity index (χ2v) is 16.3. The van der Waals surface area contributed by atoms with E-state index in [-0.39, 0.29) is 35.5 Å². The molecule has 1 aliphatic heterocycles. The SMILES string of the molecule is CCCCCCN(CCCN[C@@H](CCc1ccc(CCCCN=C(N)c2ncc(Cl)nc2C(N)=O)c2ccccc12)C(N)=O)C[C@H](O)[C@@H](O)[C@@H]1OC(c2ccccc2)OC[C@H]1O. The van der Waals surface area contributed by atoms with Crippen molar-refractivity contribution in [1.82, 2.24) is 20.2 Å². The molecule has 0 aliphatic carbocycles. The van der Waals surface area contributed by atoms with Gasteiger partial charge in [0.1, 0.15) is 35.0 Å². The maximum absolute atomic E-state index is 12.6. The number of halogens is 1. The van der Waals surface area contributed by atoms with Crippen LogP contribution in [-0.4, -0.2) is 118 Å². The number of aromatic nitrogens is 2. The fraction of sp³-hybridized carbons (Fsp3) is 0.500. The summed E-state index contributed by atoms with van der Waals surface area (Å²) in [5.41, 5.74) is 20.5. The molecule has 16 heteroatoms. The number of ether oxygens (including phenoxy) is 2. The predicted octanol–water partition coefficient (Wildman–Crippen LogP) is 3.96. The Morgan fingerprint density at radius 3 is 2.29 bits per heavy atom. The molecule has 0 radical (unpaired) electrons. The summed E-state index contributed by atoms with van der Waals surface area (Å²) in [6.45, 7) is 4.65. The Kier molecular flexibility index (Phi) is 19.5. The molecular formula is C46H63ClN8O7. The minimum atomic E-state index is -1.33. The van der Waals surface area contributed by atoms with Crippen LogP contribution in [0.5, 0.6) is 0 Å². The number of hydrogen-bond donors (Lipinski definition) is 7. The number of aliphatic imine (C=N–C) groups is 1. The van der Waals surface area contributed by atoms with Crippen molar-refractivity contribution >= 4 is 40.0 Å². The lowest BCUT2D eigenvalue weighted by Gasteiger charge is -2.38. The number of aliphatic hydroxyl groups excluding tert-OH is 3. The van der Waals surface area contributed by atoms with Crippen LogP contribution in [0.4, 0.5) is 0 Å². The lowest BCUT2D eigenvalue weighted by molar-refractivity contribution is -0.283. The number of aryl methyl sites for hydroxylation is 2. The maximum atomic E-state index is 12.6. The van der Waals surface area contributed by atoms with Crippen molar-refractivity contribution in [3.05, 3.63) is 106 Å². The summed E-state index contributed by atoms with van der Waals surface area (Å²) in [4.78, 5) is 38.9. The number of benzene rings is 3. The van der Waals surface area contributed by atoms with Crippen molar-refractivity contribution in [2.45, 2.75) is 108 Å². The van der Waals surface area contributed by atoms with E-state index in [9.17, 15) is 24.9 Å². The highest BCUT2D eigenvalue weighted by molar-refractivity contribution is 6.29. The molecule has 0 bridgehead atoms. The number of carbonyl (C=O) groups excluding carboxylic acids is 2. The standard InChI is InChI=1S/C46H63ClN8O7/c1-2-3-4-12-25-55(28-36(56)41(58)42-37(57)29-61-46(62-42)32-15-6-5-7-16-32)26-13-24-51-35(44(49)59)22-21-31-20-19-30(33-17-8-9-18-34(31)33)14-10-11-23-52-43(48)39-40(45(50)60)54-38(47)27-53-39/h5-9,15-20,27,35-37,41-42,46,51,56-58H,2-4,10-14,21-26,28-29H2,1H3,(H2,48,52)(H2,49,59)(H2,50,60)/t35-,36-,37+,41+,42+,46?/m0/s1. The number of fused-ring (bicyclic) bond motifs is 1. The highest BCUT2D eigenvalue weighted by Crippen LogP contribution is 2.29. The van der Waals surface area contributed by atoms with E-state index in [1.165, 1.54) is 11.8 Å². The van der Waals surface area contributed by atoms with Crippen LogP contribution >= 0.6 is 11.6 Å². The van der Waals surface area contributed by atoms with E-state index in [0.717, 1.165) is 73.4 Å². The second-order valence-electron chi connectivity index (χ2n) is 15.9. The molecule has 3 aromatic carbocycles. The lowest BCUT2D eigenvalue weighted by Crippen LogP contribution is -2.54. The number of nitrogens with two attached hydrogens (primary N) is 3. The van der Waals surface area contributed by atoms with E-state index in [4.69, 9.17) is 38.3 Å². The molecular weight excluding hydrogens is 812 g/mol. The van der Waals surface area contributed by atoms with Crippen molar-refractivity contribution in [1.29, 1.82) is 0 Å². The molecule has 1 aliphatic rings. The van der Waals surface area contributed by atoms with Gasteiger partial charge in [0.25, 0.3) is 5.91 Å². The number of nitrogens with one attached hydrogen (secondary N) is 1. The Morgan fingerprint density at radius 2 is 1.60 bits per heavy atom. The first-order valence-electron chi connectivity index (χ1n) is 21.7. The maximum Gasteiger partial charge on any atom is 0.269 e. The van der Waals surface area contributed by atoms with Crippen LogP contribution < -0.4 is 22.5 Å². The summed E-state index contributed by atoms with van der Waals surface area (Å²) in [6, 6.07) is 21.3. The smallest absolute Gasteiger partial charge is 0.269 e. The Hall–Kier alpha value is -4.58. The number of rotatable bonds is 26. The first kappa shape index (κ1) is 48.5. The van der Waals surface area contributed by atoms with Crippen molar-refractivity contribution in [2.24, 2.45) is 22.2 Å². The zero-order chi connectivity index (χ0) is 44.4. The largest absolute Gasteiger partial charge is 0.389 e. The first-order chi connectivity index (χ1) is 30.0. The first-order valence-corrected chi connectivity index (χ1v) is 22.1. The van der Waals surface area contributed by atoms with Crippen molar-refractivity contribution in [3.63, 3.8) is 0 Å². The van der Waals surface area contributed by atoms with E-state index >= 15 is 0 Å². The van der Waals surface area contributed by atoms with Crippen LogP contribution in [0.2, 0.25) is 5.15 Å². The molecule has 2 amide bonds. The number of carbonyl (C=O) groups is 2. The van der Waals surface area contributed by atoms with Gasteiger partial charge in [-0.15, -0.1) is 0 Å². The lowest BCUT2D eigenvalue weighted by atomic mass is 9.93. The van der Waals surface area contributed by atoms with Gasteiger partial charge in [-0.2, -0.15) is 0 Å². The van der Waals surface area contributed by atoms with Gasteiger partial charge in [-0.3, -0.25) is 14.6 Å². The van der Waals surface area contributed by atoms with Crippen LogP contribution in [0, 0.1) is 0 Å². The molecule has 336 valence electrons. The minimum absolute atomic E-state index is 0.0234. The van der Waals surface area contributed by atoms with Crippen molar-refractivity contribution < 1.29 is 34.4 Å². The van der Waals surface area contributed by atoms with E-state index in [1.807, 2.05) is 42.5 Å². The quantitative estimate of drug-likeness (QED) is 0.0270. The zero-order valence-corrected chi connectivity index (χ0v) is 36.3. The van der Waals surface area contributed by atoms with Gasteiger partial charge in [-0.25, -0.2) is 9.97 Å². The molecule has 1 fully saturated rings. The van der Waals surface area contributed by atoms with Gasteiger partial charge in [-0.1, -0.05) is 105 Å². The van der Waals surface area contributed by atoms with E-state index in [1.54, 1.807) is 0 Å². The Balaban J connectivity index is 1.11. The molecule has 2 heterocycles. The van der Waals surface area contributed by atoms with E-state index < -0.39 is 48.6 Å². The monoisotopic (exact) mass is 874 g/mol. The summed E-state index contributed by atoms with van der Waals surface area (Å²) in [5.74, 6) is -1.12. The third-order valence-corrected chi connectivity index (χ3v) is 11.4. The summed E-state index contributed by atoms with van der Waals surface area (Å²) in [7, 11) is 0. The molecule has 62 heavy (non-hydrogen) atoms. The number of primary amides is 2. The minimum Gasteiger partial charge on any atom is -0.389 e. The topological polar surface area (TPSA) is 245 Å². The number of nitrogens with zero attached hydrogens (tertiary/aromatic N) is 4. The van der Waals surface area contributed by atoms with Gasteiger partial charge >= 0.3 is 0 Å². The van der Waals surface area contributed by atoms with Crippen LogP contribution in [0.1, 0.15) is 97.5 Å². The van der Waals surface area contributed by atoms with Gasteiger partial charge in [-0.05, 0) is 86.5 Å². The summed E-state index contributed by atoms with van der Waals surface area (Å²) in [6.07, 6.45) is 4.41. The average Bonchev–Trinajstić information content (AvgIpc) is 3.27. The van der Waals surface area contributed by atoms with Gasteiger partial charge < -0.3 is 52.2 Å². The molecule has 4 aromatic rings. The van der Waals surface area contributed by atoms with Crippen LogP contribution in [0.15, 0.2) is 77.9 Å². The molecule has 5 rings (SSSR count). The molecule has 1 aromatic heterocycles. The van der Waals surface area contributed by atoms with Gasteiger partial charge in [0.2, 0.25) is 5.91 Å². The zero-order valence-electron chi connectivity index (χ0n) is 35.6. The van der Waals surface area contributed by atoms with Crippen LogP contribution in [-0.2, 0) is 27.1 Å². The average molecular weight is 876 g/mol. The molecule has 10 N–H and O–H groups in total. The van der Waals surface area contributed by atoms with Crippen molar-refractivity contribution in [2.75, 3.05) is 39.3 Å². The summed E-state index contributed by atoms with van der Waals surface area (Å²) in [5, 5.41) is 38.8. The Morgan fingerprint density at radius 1 is 0.903 bits per heavy atom. The van der Waals surface area contributed by atoms with Gasteiger partial charge in [0.15, 0.2) is 12.0 Å². The number of unbranched alkanes of at least 4 members (excludes halogenated alkanes) is 4. The number of hydrogen-bond acceptors (Lipinski definition) is 12. The van der Waals surface area contributed by atoms with Crippen molar-refractivity contribution in [3.8, 4) is 0 Å². The second kappa shape index (κ2) is 24.9. The highest BCUT2D eigenvalue weighted by Gasteiger charge is 2.39.